The molecule has 0 radical (unpaired) electrons. The number of carbonyl (C=O) groups is 3. The standard InChI is InChI=1S/C19H20F2N4O5/c1-29-15(26)8-14(18(27)30-2)24-19(28)25-6-5-13-16(23-9-22-13)17(25)11-7-10(20)3-4-12(11)21/h3-4,7,9,14,17H,5-6,8H2,1-2H3,(H,22,23)(H,24,28)/t14-,17-/m1/s1. The van der Waals surface area contributed by atoms with Gasteiger partial charge in [0.2, 0.25) is 0 Å². The Bertz CT molecular complexity index is 964. The Hall–Kier alpha value is -3.50. The first-order chi connectivity index (χ1) is 14.3. The van der Waals surface area contributed by atoms with Gasteiger partial charge in [-0.15, -0.1) is 0 Å². The fourth-order valence-corrected chi connectivity index (χ4v) is 3.35. The fourth-order valence-electron chi connectivity index (χ4n) is 3.35. The quantitative estimate of drug-likeness (QED) is 0.705. The molecule has 2 N–H and O–H groups in total. The zero-order valence-electron chi connectivity index (χ0n) is 16.3. The van der Waals surface area contributed by atoms with Gasteiger partial charge in [-0.2, -0.15) is 0 Å². The van der Waals surface area contributed by atoms with Crippen molar-refractivity contribution in [3.63, 3.8) is 0 Å². The van der Waals surface area contributed by atoms with Crippen LogP contribution in [0.3, 0.4) is 0 Å². The second-order valence-electron chi connectivity index (χ2n) is 6.58. The molecule has 30 heavy (non-hydrogen) atoms. The van der Waals surface area contributed by atoms with Crippen molar-refractivity contribution in [3.05, 3.63) is 53.1 Å². The van der Waals surface area contributed by atoms with Crippen LogP contribution in [-0.4, -0.2) is 59.6 Å². The lowest BCUT2D eigenvalue weighted by Crippen LogP contribution is -2.52. The van der Waals surface area contributed by atoms with Crippen LogP contribution in [0.15, 0.2) is 24.5 Å². The highest BCUT2D eigenvalue weighted by molar-refractivity contribution is 5.87. The molecule has 0 saturated carbocycles. The molecule has 2 amide bonds. The van der Waals surface area contributed by atoms with E-state index in [0.717, 1.165) is 32.4 Å². The van der Waals surface area contributed by atoms with Crippen molar-refractivity contribution >= 4 is 18.0 Å². The number of hydrogen-bond donors (Lipinski definition) is 2. The van der Waals surface area contributed by atoms with E-state index in [4.69, 9.17) is 0 Å². The number of aromatic amines is 1. The van der Waals surface area contributed by atoms with E-state index in [0.29, 0.717) is 17.8 Å². The van der Waals surface area contributed by atoms with Gasteiger partial charge in [0.1, 0.15) is 23.7 Å². The van der Waals surface area contributed by atoms with E-state index in [2.05, 4.69) is 24.8 Å². The van der Waals surface area contributed by atoms with Crippen LogP contribution in [0.1, 0.15) is 29.4 Å². The van der Waals surface area contributed by atoms with Crippen molar-refractivity contribution in [1.82, 2.24) is 20.2 Å². The molecule has 11 heteroatoms. The molecule has 0 fully saturated rings. The Labute approximate surface area is 170 Å². The topological polar surface area (TPSA) is 114 Å². The number of H-pyrrole nitrogens is 1. The van der Waals surface area contributed by atoms with Crippen molar-refractivity contribution in [1.29, 1.82) is 0 Å². The van der Waals surface area contributed by atoms with E-state index in [9.17, 15) is 23.2 Å². The molecule has 0 spiro atoms. The third-order valence-corrected chi connectivity index (χ3v) is 4.82. The predicted octanol–water partition coefficient (Wildman–Crippen LogP) is 1.45. The number of halogens is 2. The molecule has 0 unspecified atom stereocenters. The van der Waals surface area contributed by atoms with E-state index in [1.54, 1.807) is 0 Å². The molecule has 0 aliphatic carbocycles. The second-order valence-corrected chi connectivity index (χ2v) is 6.58. The summed E-state index contributed by atoms with van der Waals surface area (Å²) in [6.07, 6.45) is 1.34. The van der Waals surface area contributed by atoms with Crippen LogP contribution in [0.2, 0.25) is 0 Å². The summed E-state index contributed by atoms with van der Waals surface area (Å²) < 4.78 is 37.6. The van der Waals surface area contributed by atoms with Crippen molar-refractivity contribution < 1.29 is 32.6 Å². The summed E-state index contributed by atoms with van der Waals surface area (Å²) in [6.45, 7) is 0.133. The molecule has 2 heterocycles. The third kappa shape index (κ3) is 4.24. The third-order valence-electron chi connectivity index (χ3n) is 4.82. The number of rotatable bonds is 5. The first-order valence-corrected chi connectivity index (χ1v) is 9.04. The van der Waals surface area contributed by atoms with Crippen LogP contribution < -0.4 is 5.32 Å². The number of hydrogen-bond acceptors (Lipinski definition) is 6. The number of methoxy groups -OCH3 is 2. The van der Waals surface area contributed by atoms with Gasteiger partial charge in [-0.1, -0.05) is 0 Å². The van der Waals surface area contributed by atoms with Gasteiger partial charge < -0.3 is 24.7 Å². The molecule has 1 aromatic heterocycles. The number of imidazole rings is 1. The monoisotopic (exact) mass is 422 g/mol. The largest absolute Gasteiger partial charge is 0.469 e. The predicted molar refractivity (Wildman–Crippen MR) is 98.2 cm³/mol. The molecule has 160 valence electrons. The number of fused-ring (bicyclic) bond motifs is 1. The summed E-state index contributed by atoms with van der Waals surface area (Å²) in [5.74, 6) is -2.96. The van der Waals surface area contributed by atoms with Crippen LogP contribution in [0.25, 0.3) is 0 Å². The highest BCUT2D eigenvalue weighted by atomic mass is 19.1. The van der Waals surface area contributed by atoms with Crippen molar-refractivity contribution in [2.75, 3.05) is 20.8 Å². The average Bonchev–Trinajstić information content (AvgIpc) is 3.22. The average molecular weight is 422 g/mol. The lowest BCUT2D eigenvalue weighted by atomic mass is 9.95. The normalized spacial score (nSPS) is 16.4. The number of ether oxygens (including phenoxy) is 2. The van der Waals surface area contributed by atoms with Crippen LogP contribution in [0.5, 0.6) is 0 Å². The Balaban J connectivity index is 1.94. The Kier molecular flexibility index (Phi) is 6.28. The highest BCUT2D eigenvalue weighted by Crippen LogP contribution is 2.35. The molecule has 3 rings (SSSR count). The Morgan fingerprint density at radius 1 is 1.30 bits per heavy atom. The second kappa shape index (κ2) is 8.89. The van der Waals surface area contributed by atoms with Crippen molar-refractivity contribution in [3.8, 4) is 0 Å². The van der Waals surface area contributed by atoms with E-state index in [-0.39, 0.29) is 12.1 Å². The van der Waals surface area contributed by atoms with Crippen LogP contribution in [-0.2, 0) is 25.5 Å². The number of esters is 2. The van der Waals surface area contributed by atoms with Gasteiger partial charge in [0.25, 0.3) is 0 Å². The van der Waals surface area contributed by atoms with E-state index >= 15 is 0 Å². The van der Waals surface area contributed by atoms with Crippen LogP contribution >= 0.6 is 0 Å². The summed E-state index contributed by atoms with van der Waals surface area (Å²) >= 11 is 0. The Morgan fingerprint density at radius 3 is 2.77 bits per heavy atom. The van der Waals surface area contributed by atoms with Crippen LogP contribution in [0, 0.1) is 11.6 Å². The molecular formula is C19H20F2N4O5. The van der Waals surface area contributed by atoms with Gasteiger partial charge in [0.15, 0.2) is 0 Å². The zero-order valence-corrected chi connectivity index (χ0v) is 16.3. The minimum Gasteiger partial charge on any atom is -0.469 e. The first-order valence-electron chi connectivity index (χ1n) is 9.04. The number of nitrogens with zero attached hydrogens (tertiary/aromatic N) is 2. The maximum Gasteiger partial charge on any atom is 0.329 e. The molecule has 0 bridgehead atoms. The number of nitrogens with one attached hydrogen (secondary N) is 2. The number of carbonyl (C=O) groups excluding carboxylic acids is 3. The molecule has 1 aromatic carbocycles. The number of amides is 2. The van der Waals surface area contributed by atoms with Gasteiger partial charge in [0.05, 0.1) is 32.7 Å². The van der Waals surface area contributed by atoms with Gasteiger partial charge in [-0.25, -0.2) is 23.4 Å². The minimum absolute atomic E-state index is 0.0826. The summed E-state index contributed by atoms with van der Waals surface area (Å²) in [5, 5.41) is 2.42. The Morgan fingerprint density at radius 2 is 2.07 bits per heavy atom. The first kappa shape index (κ1) is 21.2. The van der Waals surface area contributed by atoms with Gasteiger partial charge in [-0.05, 0) is 18.2 Å². The number of urea groups is 1. The minimum atomic E-state index is -1.31. The molecule has 9 nitrogen and oxygen atoms in total. The van der Waals surface area contributed by atoms with Crippen molar-refractivity contribution in [2.24, 2.45) is 0 Å². The maximum absolute atomic E-state index is 14.6. The van der Waals surface area contributed by atoms with Gasteiger partial charge >= 0.3 is 18.0 Å². The molecule has 1 aliphatic rings. The smallest absolute Gasteiger partial charge is 0.329 e. The molecule has 1 aliphatic heterocycles. The molecule has 0 saturated heterocycles. The van der Waals surface area contributed by atoms with E-state index < -0.39 is 48.1 Å². The van der Waals surface area contributed by atoms with E-state index in [1.807, 2.05) is 0 Å². The maximum atomic E-state index is 14.6. The summed E-state index contributed by atoms with van der Waals surface area (Å²) in [5.41, 5.74) is 0.969. The van der Waals surface area contributed by atoms with Crippen LogP contribution in [0.4, 0.5) is 13.6 Å². The highest BCUT2D eigenvalue weighted by Gasteiger charge is 2.37. The molecule has 2 atom stereocenters. The number of aromatic nitrogens is 2. The number of benzene rings is 1. The lowest BCUT2D eigenvalue weighted by Gasteiger charge is -2.36. The lowest BCUT2D eigenvalue weighted by molar-refractivity contribution is -0.149. The SMILES string of the molecule is COC(=O)C[C@@H](NC(=O)N1CCc2[nH]cnc2[C@H]1c1cc(F)ccc1F)C(=O)OC. The summed E-state index contributed by atoms with van der Waals surface area (Å²) in [4.78, 5) is 44.9. The molecule has 2 aromatic rings. The van der Waals surface area contributed by atoms with E-state index in [1.165, 1.54) is 11.2 Å². The van der Waals surface area contributed by atoms with Gasteiger partial charge in [0, 0.05) is 24.2 Å². The molecular weight excluding hydrogens is 402 g/mol. The summed E-state index contributed by atoms with van der Waals surface area (Å²) in [6, 6.07) is -0.175. The van der Waals surface area contributed by atoms with Gasteiger partial charge in [-0.3, -0.25) is 4.79 Å². The van der Waals surface area contributed by atoms with Crippen molar-refractivity contribution in [2.45, 2.75) is 24.9 Å². The zero-order chi connectivity index (χ0) is 21.8. The summed E-state index contributed by atoms with van der Waals surface area (Å²) in [7, 11) is 2.26. The fraction of sp³-hybridized carbons (Fsp3) is 0.368.